The van der Waals surface area contributed by atoms with Crippen molar-refractivity contribution in [2.24, 2.45) is 0 Å². The fraction of sp³-hybridized carbons (Fsp3) is 0. The SMILES string of the molecule is O=C1S/C(=C/c2ccc(Sc3ccc(Cl)cc3)o2)C(=O)N1c1cccc(Cl)c1. The van der Waals surface area contributed by atoms with Crippen molar-refractivity contribution in [3.8, 4) is 0 Å². The predicted octanol–water partition coefficient (Wildman–Crippen LogP) is 6.98. The van der Waals surface area contributed by atoms with Crippen molar-refractivity contribution in [3.63, 3.8) is 0 Å². The zero-order valence-corrected chi connectivity index (χ0v) is 17.2. The molecule has 2 amide bonds. The second-order valence-electron chi connectivity index (χ2n) is 5.71. The van der Waals surface area contributed by atoms with Crippen molar-refractivity contribution in [3.05, 3.63) is 81.4 Å². The lowest BCUT2D eigenvalue weighted by Gasteiger charge is -2.12. The lowest BCUT2D eigenvalue weighted by Crippen LogP contribution is -2.27. The molecule has 28 heavy (non-hydrogen) atoms. The van der Waals surface area contributed by atoms with E-state index in [0.29, 0.717) is 31.5 Å². The lowest BCUT2D eigenvalue weighted by molar-refractivity contribution is -0.113. The Balaban J connectivity index is 1.53. The highest BCUT2D eigenvalue weighted by Crippen LogP contribution is 2.37. The van der Waals surface area contributed by atoms with Crippen LogP contribution >= 0.6 is 46.7 Å². The molecule has 0 spiro atoms. The maximum absolute atomic E-state index is 12.7. The maximum atomic E-state index is 12.7. The normalized spacial score (nSPS) is 15.6. The number of nitrogens with zero attached hydrogens (tertiary/aromatic N) is 1. The van der Waals surface area contributed by atoms with Crippen LogP contribution in [0.3, 0.4) is 0 Å². The third kappa shape index (κ3) is 4.15. The fourth-order valence-corrected chi connectivity index (χ4v) is 4.43. The van der Waals surface area contributed by atoms with E-state index in [9.17, 15) is 9.59 Å². The molecule has 3 aromatic rings. The van der Waals surface area contributed by atoms with Gasteiger partial charge >= 0.3 is 0 Å². The summed E-state index contributed by atoms with van der Waals surface area (Å²) in [5.41, 5.74) is 0.442. The Morgan fingerprint density at radius 3 is 2.50 bits per heavy atom. The van der Waals surface area contributed by atoms with Gasteiger partial charge in [0.15, 0.2) is 5.09 Å². The predicted molar refractivity (Wildman–Crippen MR) is 114 cm³/mol. The number of rotatable bonds is 4. The summed E-state index contributed by atoms with van der Waals surface area (Å²) in [6, 6.07) is 17.6. The Labute approximate surface area is 179 Å². The molecule has 140 valence electrons. The highest BCUT2D eigenvalue weighted by atomic mass is 35.5. The molecule has 1 aromatic heterocycles. The molecule has 1 fully saturated rings. The fourth-order valence-electron chi connectivity index (χ4n) is 2.52. The van der Waals surface area contributed by atoms with Crippen LogP contribution in [0.2, 0.25) is 10.0 Å². The Kier molecular flexibility index (Phi) is 5.55. The molecule has 1 saturated heterocycles. The monoisotopic (exact) mass is 447 g/mol. The third-order valence-electron chi connectivity index (χ3n) is 3.77. The van der Waals surface area contributed by atoms with Crippen LogP contribution in [-0.4, -0.2) is 11.1 Å². The van der Waals surface area contributed by atoms with E-state index < -0.39 is 5.91 Å². The average molecular weight is 448 g/mol. The van der Waals surface area contributed by atoms with Gasteiger partial charge in [-0.05, 0) is 66.4 Å². The van der Waals surface area contributed by atoms with E-state index in [2.05, 4.69) is 0 Å². The third-order valence-corrected chi connectivity index (χ3v) is 6.05. The van der Waals surface area contributed by atoms with Gasteiger partial charge in [-0.1, -0.05) is 41.0 Å². The quantitative estimate of drug-likeness (QED) is 0.403. The van der Waals surface area contributed by atoms with E-state index in [1.54, 1.807) is 48.5 Å². The van der Waals surface area contributed by atoms with Gasteiger partial charge in [0.25, 0.3) is 11.1 Å². The molecule has 1 aliphatic rings. The number of anilines is 1. The van der Waals surface area contributed by atoms with Crippen LogP contribution < -0.4 is 4.90 Å². The molecule has 0 aliphatic carbocycles. The van der Waals surface area contributed by atoms with Gasteiger partial charge in [-0.3, -0.25) is 9.59 Å². The van der Waals surface area contributed by atoms with E-state index in [-0.39, 0.29) is 5.24 Å². The first-order chi connectivity index (χ1) is 13.5. The summed E-state index contributed by atoms with van der Waals surface area (Å²) < 4.78 is 5.76. The second kappa shape index (κ2) is 8.09. The molecule has 2 aromatic carbocycles. The van der Waals surface area contributed by atoms with Gasteiger partial charge in [0, 0.05) is 21.0 Å². The summed E-state index contributed by atoms with van der Waals surface area (Å²) in [5.74, 6) is 0.0913. The molecule has 0 N–H and O–H groups in total. The van der Waals surface area contributed by atoms with Gasteiger partial charge in [0.1, 0.15) is 5.76 Å². The number of thioether (sulfide) groups is 1. The highest BCUT2D eigenvalue weighted by molar-refractivity contribution is 8.19. The number of amides is 2. The minimum absolute atomic E-state index is 0.294. The number of carbonyl (C=O) groups is 2. The zero-order chi connectivity index (χ0) is 19.7. The summed E-state index contributed by atoms with van der Waals surface area (Å²) in [6.07, 6.45) is 1.57. The number of hydrogen-bond acceptors (Lipinski definition) is 5. The van der Waals surface area contributed by atoms with Gasteiger partial charge in [0.2, 0.25) is 0 Å². The second-order valence-corrected chi connectivity index (χ2v) is 8.65. The first-order valence-corrected chi connectivity index (χ1v) is 10.5. The van der Waals surface area contributed by atoms with Crippen LogP contribution in [-0.2, 0) is 4.79 Å². The molecule has 0 bridgehead atoms. The molecule has 0 radical (unpaired) electrons. The van der Waals surface area contributed by atoms with E-state index in [0.717, 1.165) is 21.6 Å². The van der Waals surface area contributed by atoms with Gasteiger partial charge in [-0.25, -0.2) is 4.90 Å². The summed E-state index contributed by atoms with van der Waals surface area (Å²) in [5, 5.41) is 1.42. The molecular formula is C20H11Cl2NO3S2. The minimum Gasteiger partial charge on any atom is -0.450 e. The standard InChI is InChI=1S/C20H11Cl2NO3S2/c21-12-4-7-16(8-5-12)27-18-9-6-15(26-18)11-17-19(24)23(20(25)28-17)14-3-1-2-13(22)10-14/h1-11H/b17-11+. The number of halogens is 2. The molecule has 0 saturated carbocycles. The van der Waals surface area contributed by atoms with Crippen LogP contribution in [0.4, 0.5) is 10.5 Å². The van der Waals surface area contributed by atoms with Gasteiger partial charge < -0.3 is 4.42 Å². The number of carbonyl (C=O) groups excluding carboxylic acids is 2. The number of benzene rings is 2. The van der Waals surface area contributed by atoms with Crippen LogP contribution in [0.5, 0.6) is 0 Å². The Hall–Kier alpha value is -2.12. The van der Waals surface area contributed by atoms with E-state index >= 15 is 0 Å². The molecule has 0 unspecified atom stereocenters. The number of hydrogen-bond donors (Lipinski definition) is 0. The van der Waals surface area contributed by atoms with Crippen molar-refractivity contribution in [2.75, 3.05) is 4.90 Å². The first-order valence-electron chi connectivity index (χ1n) is 8.06. The van der Waals surface area contributed by atoms with Crippen molar-refractivity contribution >= 4 is 69.6 Å². The van der Waals surface area contributed by atoms with Gasteiger partial charge in [0.05, 0.1) is 10.6 Å². The summed E-state index contributed by atoms with van der Waals surface area (Å²) >= 11 is 14.2. The average Bonchev–Trinajstić information content (AvgIpc) is 3.21. The topological polar surface area (TPSA) is 50.5 Å². The van der Waals surface area contributed by atoms with Gasteiger partial charge in [-0.15, -0.1) is 0 Å². The van der Waals surface area contributed by atoms with Crippen LogP contribution in [0.25, 0.3) is 6.08 Å². The summed E-state index contributed by atoms with van der Waals surface area (Å²) in [6.45, 7) is 0. The van der Waals surface area contributed by atoms with Crippen molar-refractivity contribution in [1.82, 2.24) is 0 Å². The molecule has 4 nitrogen and oxygen atoms in total. The van der Waals surface area contributed by atoms with Crippen molar-refractivity contribution in [1.29, 1.82) is 0 Å². The first kappa shape index (κ1) is 19.2. The lowest BCUT2D eigenvalue weighted by atomic mass is 10.3. The van der Waals surface area contributed by atoms with Crippen LogP contribution in [0.15, 0.2) is 80.0 Å². The van der Waals surface area contributed by atoms with E-state index in [1.807, 2.05) is 18.2 Å². The Morgan fingerprint density at radius 1 is 0.964 bits per heavy atom. The summed E-state index contributed by atoms with van der Waals surface area (Å²) in [7, 11) is 0. The Bertz CT molecular complexity index is 1090. The van der Waals surface area contributed by atoms with E-state index in [1.165, 1.54) is 11.8 Å². The molecule has 0 atom stereocenters. The molecule has 8 heteroatoms. The van der Waals surface area contributed by atoms with Crippen LogP contribution in [0.1, 0.15) is 5.76 Å². The van der Waals surface area contributed by atoms with Crippen LogP contribution in [0, 0.1) is 0 Å². The van der Waals surface area contributed by atoms with E-state index in [4.69, 9.17) is 27.6 Å². The minimum atomic E-state index is -0.402. The molecular weight excluding hydrogens is 437 g/mol. The molecule has 4 rings (SSSR count). The molecule has 1 aliphatic heterocycles. The zero-order valence-electron chi connectivity index (χ0n) is 14.1. The maximum Gasteiger partial charge on any atom is 0.298 e. The summed E-state index contributed by atoms with van der Waals surface area (Å²) in [4.78, 5) is 27.4. The van der Waals surface area contributed by atoms with Gasteiger partial charge in [-0.2, -0.15) is 0 Å². The number of imide groups is 1. The van der Waals surface area contributed by atoms with Crippen molar-refractivity contribution in [2.45, 2.75) is 9.99 Å². The largest absolute Gasteiger partial charge is 0.450 e. The highest BCUT2D eigenvalue weighted by Gasteiger charge is 2.36. The Morgan fingerprint density at radius 2 is 1.75 bits per heavy atom. The molecule has 2 heterocycles. The number of furan rings is 1. The smallest absolute Gasteiger partial charge is 0.298 e. The van der Waals surface area contributed by atoms with Crippen molar-refractivity contribution < 1.29 is 14.0 Å².